The van der Waals surface area contributed by atoms with E-state index in [1.165, 1.54) is 12.1 Å². The second-order valence-electron chi connectivity index (χ2n) is 6.27. The zero-order valence-electron chi connectivity index (χ0n) is 13.8. The topological polar surface area (TPSA) is 55.4 Å². The SMILES string of the molecule is CC(C)(C)OC(=O)Nc1ccc(C(=O)c2ccc(F)cc2Cl)c(Br)c1. The fourth-order valence-electron chi connectivity index (χ4n) is 2.02. The van der Waals surface area contributed by atoms with Gasteiger partial charge < -0.3 is 4.74 Å². The van der Waals surface area contributed by atoms with Gasteiger partial charge in [0.15, 0.2) is 5.78 Å². The van der Waals surface area contributed by atoms with Gasteiger partial charge in [0.25, 0.3) is 0 Å². The van der Waals surface area contributed by atoms with Crippen LogP contribution in [-0.4, -0.2) is 17.5 Å². The van der Waals surface area contributed by atoms with Gasteiger partial charge in [0.2, 0.25) is 0 Å². The average Bonchev–Trinajstić information content (AvgIpc) is 2.44. The van der Waals surface area contributed by atoms with Gasteiger partial charge in [-0.3, -0.25) is 10.1 Å². The van der Waals surface area contributed by atoms with Crippen molar-refractivity contribution in [3.8, 4) is 0 Å². The van der Waals surface area contributed by atoms with Gasteiger partial charge in [-0.25, -0.2) is 9.18 Å². The zero-order valence-corrected chi connectivity index (χ0v) is 16.2. The van der Waals surface area contributed by atoms with E-state index in [0.717, 1.165) is 6.07 Å². The van der Waals surface area contributed by atoms with Crippen LogP contribution in [0, 0.1) is 5.82 Å². The standard InChI is InChI=1S/C18H16BrClFNO3/c1-18(2,3)25-17(24)22-11-5-7-12(14(19)9-11)16(23)13-6-4-10(21)8-15(13)20/h4-9H,1-3H3,(H,22,24). The summed E-state index contributed by atoms with van der Waals surface area (Å²) in [5, 5.41) is 2.62. The number of carbonyl (C=O) groups excluding carboxylic acids is 2. The number of amides is 1. The van der Waals surface area contributed by atoms with Gasteiger partial charge >= 0.3 is 6.09 Å². The minimum atomic E-state index is -0.615. The summed E-state index contributed by atoms with van der Waals surface area (Å²) < 4.78 is 18.8. The Hall–Kier alpha value is -1.92. The fraction of sp³-hybridized carbons (Fsp3) is 0.222. The molecule has 0 heterocycles. The minimum absolute atomic E-state index is 0.0351. The molecule has 4 nitrogen and oxygen atoms in total. The van der Waals surface area contributed by atoms with Crippen LogP contribution < -0.4 is 5.32 Å². The number of ether oxygens (including phenoxy) is 1. The smallest absolute Gasteiger partial charge is 0.412 e. The highest BCUT2D eigenvalue weighted by molar-refractivity contribution is 9.10. The largest absolute Gasteiger partial charge is 0.444 e. The van der Waals surface area contributed by atoms with Crippen LogP contribution >= 0.6 is 27.5 Å². The molecule has 0 aliphatic heterocycles. The molecule has 1 N–H and O–H groups in total. The highest BCUT2D eigenvalue weighted by Crippen LogP contribution is 2.27. The van der Waals surface area contributed by atoms with E-state index in [1.54, 1.807) is 39.0 Å². The van der Waals surface area contributed by atoms with Crippen LogP contribution in [0.15, 0.2) is 40.9 Å². The Bertz CT molecular complexity index is 834. The van der Waals surface area contributed by atoms with Crippen LogP contribution in [0.1, 0.15) is 36.7 Å². The first kappa shape index (κ1) is 19.4. The molecule has 2 aromatic rings. The maximum absolute atomic E-state index is 13.1. The Labute approximate surface area is 158 Å². The molecule has 7 heteroatoms. The van der Waals surface area contributed by atoms with Gasteiger partial charge in [-0.2, -0.15) is 0 Å². The van der Waals surface area contributed by atoms with Crippen LogP contribution in [0.3, 0.4) is 0 Å². The minimum Gasteiger partial charge on any atom is -0.444 e. The highest BCUT2D eigenvalue weighted by Gasteiger charge is 2.19. The van der Waals surface area contributed by atoms with Crippen molar-refractivity contribution >= 4 is 45.1 Å². The van der Waals surface area contributed by atoms with Gasteiger partial charge in [-0.05, 0) is 73.1 Å². The molecule has 25 heavy (non-hydrogen) atoms. The molecule has 0 aliphatic rings. The fourth-order valence-corrected chi connectivity index (χ4v) is 2.83. The van der Waals surface area contributed by atoms with Crippen molar-refractivity contribution in [3.05, 3.63) is 62.8 Å². The average molecular weight is 429 g/mol. The number of anilines is 1. The molecule has 2 aromatic carbocycles. The number of hydrogen-bond acceptors (Lipinski definition) is 3. The van der Waals surface area contributed by atoms with Crippen molar-refractivity contribution in [2.45, 2.75) is 26.4 Å². The van der Waals surface area contributed by atoms with Crippen molar-refractivity contribution in [1.29, 1.82) is 0 Å². The molecule has 0 aliphatic carbocycles. The third-order valence-electron chi connectivity index (χ3n) is 3.03. The molecular formula is C18H16BrClFNO3. The molecule has 0 aromatic heterocycles. The summed E-state index contributed by atoms with van der Waals surface area (Å²) in [7, 11) is 0. The number of halogens is 3. The predicted molar refractivity (Wildman–Crippen MR) is 98.8 cm³/mol. The molecule has 0 saturated heterocycles. The summed E-state index contributed by atoms with van der Waals surface area (Å²) in [6.45, 7) is 5.28. The molecule has 0 radical (unpaired) electrons. The lowest BCUT2D eigenvalue weighted by Gasteiger charge is -2.19. The normalized spacial score (nSPS) is 11.1. The Morgan fingerprint density at radius 2 is 1.76 bits per heavy atom. The van der Waals surface area contributed by atoms with E-state index in [-0.39, 0.29) is 16.4 Å². The summed E-state index contributed by atoms with van der Waals surface area (Å²) >= 11 is 9.24. The third-order valence-corrected chi connectivity index (χ3v) is 4.00. The van der Waals surface area contributed by atoms with Crippen molar-refractivity contribution < 1.29 is 18.7 Å². The molecule has 0 fully saturated rings. The van der Waals surface area contributed by atoms with Crippen molar-refractivity contribution in [2.75, 3.05) is 5.32 Å². The molecule has 0 atom stereocenters. The summed E-state index contributed by atoms with van der Waals surface area (Å²) in [5.41, 5.74) is 0.374. The Morgan fingerprint density at radius 1 is 1.12 bits per heavy atom. The predicted octanol–water partition coefficient (Wildman–Crippen LogP) is 5.82. The summed E-state index contributed by atoms with van der Waals surface area (Å²) in [6.07, 6.45) is -0.597. The summed E-state index contributed by atoms with van der Waals surface area (Å²) in [6, 6.07) is 8.28. The van der Waals surface area contributed by atoms with Crippen LogP contribution in [0.4, 0.5) is 14.9 Å². The van der Waals surface area contributed by atoms with Gasteiger partial charge in [-0.15, -0.1) is 0 Å². The van der Waals surface area contributed by atoms with Crippen molar-refractivity contribution in [2.24, 2.45) is 0 Å². The van der Waals surface area contributed by atoms with Crippen LogP contribution in [-0.2, 0) is 4.74 Å². The molecule has 2 rings (SSSR count). The second-order valence-corrected chi connectivity index (χ2v) is 7.54. The molecule has 132 valence electrons. The quantitative estimate of drug-likeness (QED) is 0.627. The Morgan fingerprint density at radius 3 is 2.32 bits per heavy atom. The van der Waals surface area contributed by atoms with Gasteiger partial charge in [0.1, 0.15) is 11.4 Å². The summed E-state index contributed by atoms with van der Waals surface area (Å²) in [5.74, 6) is -0.877. The van der Waals surface area contributed by atoms with Gasteiger partial charge in [0.05, 0.1) is 5.02 Å². The van der Waals surface area contributed by atoms with E-state index < -0.39 is 17.5 Å². The van der Waals surface area contributed by atoms with Crippen LogP contribution in [0.2, 0.25) is 5.02 Å². The zero-order chi connectivity index (χ0) is 18.8. The molecule has 0 unspecified atom stereocenters. The lowest BCUT2D eigenvalue weighted by atomic mass is 10.0. The first-order valence-electron chi connectivity index (χ1n) is 7.36. The molecule has 0 bridgehead atoms. The number of ketones is 1. The van der Waals surface area contributed by atoms with E-state index >= 15 is 0 Å². The molecule has 1 amide bonds. The maximum Gasteiger partial charge on any atom is 0.412 e. The number of benzene rings is 2. The van der Waals surface area contributed by atoms with Gasteiger partial charge in [0, 0.05) is 21.3 Å². The third kappa shape index (κ3) is 5.28. The Kier molecular flexibility index (Phi) is 5.85. The number of hydrogen-bond donors (Lipinski definition) is 1. The monoisotopic (exact) mass is 427 g/mol. The Balaban J connectivity index is 2.21. The lowest BCUT2D eigenvalue weighted by Crippen LogP contribution is -2.27. The first-order chi connectivity index (χ1) is 11.6. The first-order valence-corrected chi connectivity index (χ1v) is 8.53. The number of nitrogens with one attached hydrogen (secondary N) is 1. The maximum atomic E-state index is 13.1. The number of rotatable bonds is 3. The van der Waals surface area contributed by atoms with E-state index in [4.69, 9.17) is 16.3 Å². The van der Waals surface area contributed by atoms with E-state index in [2.05, 4.69) is 21.2 Å². The second kappa shape index (κ2) is 7.54. The molecule has 0 saturated carbocycles. The number of carbonyl (C=O) groups is 2. The van der Waals surface area contributed by atoms with Crippen molar-refractivity contribution in [1.82, 2.24) is 0 Å². The van der Waals surface area contributed by atoms with Gasteiger partial charge in [-0.1, -0.05) is 11.6 Å². The van der Waals surface area contributed by atoms with Crippen LogP contribution in [0.25, 0.3) is 0 Å². The van der Waals surface area contributed by atoms with Crippen LogP contribution in [0.5, 0.6) is 0 Å². The lowest BCUT2D eigenvalue weighted by molar-refractivity contribution is 0.0636. The van der Waals surface area contributed by atoms with E-state index in [0.29, 0.717) is 15.7 Å². The van der Waals surface area contributed by atoms with E-state index in [9.17, 15) is 14.0 Å². The molecular weight excluding hydrogens is 413 g/mol. The highest BCUT2D eigenvalue weighted by atomic mass is 79.9. The summed E-state index contributed by atoms with van der Waals surface area (Å²) in [4.78, 5) is 24.4. The van der Waals surface area contributed by atoms with E-state index in [1.807, 2.05) is 0 Å². The van der Waals surface area contributed by atoms with Crippen molar-refractivity contribution in [3.63, 3.8) is 0 Å². The molecule has 0 spiro atoms.